The molecule has 0 saturated carbocycles. The summed E-state index contributed by atoms with van der Waals surface area (Å²) in [7, 11) is 0. The fourth-order valence-electron chi connectivity index (χ4n) is 1.34. The number of ether oxygens (including phenoxy) is 2. The molecule has 0 radical (unpaired) electrons. The van der Waals surface area contributed by atoms with E-state index in [1.807, 2.05) is 0 Å². The molecule has 0 aromatic carbocycles. The molecular formula is C9H9BrN2O3. The van der Waals surface area contributed by atoms with Crippen molar-refractivity contribution < 1.29 is 14.3 Å². The molecule has 2 heterocycles. The van der Waals surface area contributed by atoms with E-state index in [4.69, 9.17) is 9.47 Å². The number of halogens is 1. The third kappa shape index (κ3) is 1.77. The smallest absolute Gasteiger partial charge is 0.333 e. The minimum atomic E-state index is -0.509. The van der Waals surface area contributed by atoms with Gasteiger partial charge in [-0.05, 0) is 28.9 Å². The lowest BCUT2D eigenvalue weighted by atomic mass is 10.3. The summed E-state index contributed by atoms with van der Waals surface area (Å²) in [6.07, 6.45) is 4.64. The standard InChI is InChI=1S/C9H9BrN2O3/c1-2-14-8(13)6-3-4-15-9-11-5-7(10)12(6)9/h3-6H,2H2,1H3/t6-/m1/s1. The highest BCUT2D eigenvalue weighted by Crippen LogP contribution is 2.29. The van der Waals surface area contributed by atoms with Crippen LogP contribution in [0.15, 0.2) is 23.1 Å². The van der Waals surface area contributed by atoms with Crippen molar-refractivity contribution in [3.05, 3.63) is 23.1 Å². The summed E-state index contributed by atoms with van der Waals surface area (Å²) in [6.45, 7) is 2.12. The quantitative estimate of drug-likeness (QED) is 0.769. The number of nitrogens with zero attached hydrogens (tertiary/aromatic N) is 2. The fourth-order valence-corrected chi connectivity index (χ4v) is 1.81. The average molecular weight is 273 g/mol. The van der Waals surface area contributed by atoms with E-state index in [2.05, 4.69) is 20.9 Å². The molecule has 1 aromatic heterocycles. The summed E-state index contributed by atoms with van der Waals surface area (Å²) in [5.41, 5.74) is 0. The molecule has 2 rings (SSSR count). The largest absolute Gasteiger partial charge is 0.464 e. The van der Waals surface area contributed by atoms with Crippen molar-refractivity contribution in [1.29, 1.82) is 0 Å². The second kappa shape index (κ2) is 4.06. The molecule has 0 aliphatic carbocycles. The SMILES string of the molecule is CCOC(=O)[C@H]1C=COc2ncc(Br)n21. The van der Waals surface area contributed by atoms with Gasteiger partial charge in [0.2, 0.25) is 0 Å². The molecule has 80 valence electrons. The summed E-state index contributed by atoms with van der Waals surface area (Å²) < 4.78 is 12.4. The second-order valence-corrected chi connectivity index (χ2v) is 3.69. The van der Waals surface area contributed by atoms with Gasteiger partial charge in [0, 0.05) is 0 Å². The Kier molecular flexibility index (Phi) is 2.77. The number of aromatic nitrogens is 2. The maximum atomic E-state index is 11.6. The molecule has 15 heavy (non-hydrogen) atoms. The van der Waals surface area contributed by atoms with Crippen molar-refractivity contribution in [3.8, 4) is 6.01 Å². The lowest BCUT2D eigenvalue weighted by Crippen LogP contribution is -2.23. The predicted octanol–water partition coefficient (Wildman–Crippen LogP) is 1.66. The zero-order chi connectivity index (χ0) is 10.8. The van der Waals surface area contributed by atoms with Crippen LogP contribution in [0.4, 0.5) is 0 Å². The van der Waals surface area contributed by atoms with Crippen molar-refractivity contribution in [2.24, 2.45) is 0 Å². The van der Waals surface area contributed by atoms with Gasteiger partial charge in [-0.25, -0.2) is 9.78 Å². The molecule has 1 atom stereocenters. The second-order valence-electron chi connectivity index (χ2n) is 2.88. The highest BCUT2D eigenvalue weighted by atomic mass is 79.9. The van der Waals surface area contributed by atoms with Crippen molar-refractivity contribution in [2.75, 3.05) is 6.61 Å². The van der Waals surface area contributed by atoms with Crippen LogP contribution < -0.4 is 4.74 Å². The molecule has 1 aromatic rings. The molecule has 6 heteroatoms. The van der Waals surface area contributed by atoms with E-state index in [1.165, 1.54) is 6.26 Å². The van der Waals surface area contributed by atoms with Gasteiger partial charge >= 0.3 is 12.0 Å². The lowest BCUT2D eigenvalue weighted by molar-refractivity contribution is -0.145. The molecule has 5 nitrogen and oxygen atoms in total. The van der Waals surface area contributed by atoms with Gasteiger partial charge in [0.1, 0.15) is 4.60 Å². The number of carbonyl (C=O) groups excluding carboxylic acids is 1. The highest BCUT2D eigenvalue weighted by Gasteiger charge is 2.27. The summed E-state index contributed by atoms with van der Waals surface area (Å²) in [4.78, 5) is 15.6. The van der Waals surface area contributed by atoms with Crippen LogP contribution in [-0.2, 0) is 9.53 Å². The van der Waals surface area contributed by atoms with Crippen molar-refractivity contribution in [1.82, 2.24) is 9.55 Å². The van der Waals surface area contributed by atoms with Crippen LogP contribution >= 0.6 is 15.9 Å². The van der Waals surface area contributed by atoms with Gasteiger partial charge in [0.25, 0.3) is 0 Å². The fraction of sp³-hybridized carbons (Fsp3) is 0.333. The average Bonchev–Trinajstić information content (AvgIpc) is 2.61. The monoisotopic (exact) mass is 272 g/mol. The Morgan fingerprint density at radius 2 is 2.60 bits per heavy atom. The van der Waals surface area contributed by atoms with Crippen molar-refractivity contribution in [2.45, 2.75) is 13.0 Å². The maximum absolute atomic E-state index is 11.6. The van der Waals surface area contributed by atoms with E-state index >= 15 is 0 Å². The molecule has 0 saturated heterocycles. The summed E-state index contributed by atoms with van der Waals surface area (Å²) >= 11 is 3.29. The Morgan fingerprint density at radius 1 is 1.80 bits per heavy atom. The van der Waals surface area contributed by atoms with Crippen LogP contribution in [0.2, 0.25) is 0 Å². The van der Waals surface area contributed by atoms with Gasteiger partial charge in [0.15, 0.2) is 6.04 Å². The van der Waals surface area contributed by atoms with Gasteiger partial charge in [-0.15, -0.1) is 0 Å². The van der Waals surface area contributed by atoms with Gasteiger partial charge in [-0.1, -0.05) is 0 Å². The van der Waals surface area contributed by atoms with Gasteiger partial charge in [0.05, 0.1) is 19.1 Å². The summed E-state index contributed by atoms with van der Waals surface area (Å²) in [5, 5.41) is 0. The van der Waals surface area contributed by atoms with Gasteiger partial charge in [-0.3, -0.25) is 4.57 Å². The first-order valence-corrected chi connectivity index (χ1v) is 5.26. The predicted molar refractivity (Wildman–Crippen MR) is 55.4 cm³/mol. The Balaban J connectivity index is 2.33. The maximum Gasteiger partial charge on any atom is 0.333 e. The first-order chi connectivity index (χ1) is 7.24. The van der Waals surface area contributed by atoms with Crippen molar-refractivity contribution >= 4 is 21.9 Å². The molecule has 1 aliphatic heterocycles. The van der Waals surface area contributed by atoms with Crippen molar-refractivity contribution in [3.63, 3.8) is 0 Å². The van der Waals surface area contributed by atoms with Gasteiger partial charge in [-0.2, -0.15) is 0 Å². The third-order valence-electron chi connectivity index (χ3n) is 1.96. The number of fused-ring (bicyclic) bond motifs is 1. The van der Waals surface area contributed by atoms with Crippen LogP contribution in [0.3, 0.4) is 0 Å². The van der Waals surface area contributed by atoms with E-state index in [0.717, 1.165) is 0 Å². The lowest BCUT2D eigenvalue weighted by Gasteiger charge is -2.19. The van der Waals surface area contributed by atoms with Crippen LogP contribution in [0.25, 0.3) is 0 Å². The Bertz CT molecular complexity index is 413. The van der Waals surface area contributed by atoms with E-state index in [-0.39, 0.29) is 5.97 Å². The number of imidazole rings is 1. The summed E-state index contributed by atoms with van der Waals surface area (Å²) in [5.74, 6) is -0.322. The first-order valence-electron chi connectivity index (χ1n) is 4.46. The Hall–Kier alpha value is -1.30. The molecule has 0 bridgehead atoms. The number of carbonyl (C=O) groups is 1. The highest BCUT2D eigenvalue weighted by molar-refractivity contribution is 9.10. The number of hydrogen-bond donors (Lipinski definition) is 0. The molecule has 0 spiro atoms. The summed E-state index contributed by atoms with van der Waals surface area (Å²) in [6, 6.07) is -0.131. The van der Waals surface area contributed by atoms with Crippen LogP contribution in [0.5, 0.6) is 6.01 Å². The minimum Gasteiger partial charge on any atom is -0.464 e. The molecule has 0 unspecified atom stereocenters. The Labute approximate surface area is 94.8 Å². The zero-order valence-corrected chi connectivity index (χ0v) is 9.60. The topological polar surface area (TPSA) is 53.4 Å². The van der Waals surface area contributed by atoms with E-state index < -0.39 is 6.04 Å². The molecular weight excluding hydrogens is 264 g/mol. The molecule has 1 aliphatic rings. The first kappa shape index (κ1) is 10.2. The van der Waals surface area contributed by atoms with E-state index in [1.54, 1.807) is 23.8 Å². The molecule has 0 N–H and O–H groups in total. The number of rotatable bonds is 2. The van der Waals surface area contributed by atoms with E-state index in [0.29, 0.717) is 17.2 Å². The molecule has 0 amide bonds. The van der Waals surface area contributed by atoms with Crippen LogP contribution in [0.1, 0.15) is 13.0 Å². The van der Waals surface area contributed by atoms with Crippen LogP contribution in [-0.4, -0.2) is 22.1 Å². The third-order valence-corrected chi connectivity index (χ3v) is 2.55. The molecule has 0 fully saturated rings. The van der Waals surface area contributed by atoms with Gasteiger partial charge < -0.3 is 9.47 Å². The number of esters is 1. The Morgan fingerprint density at radius 3 is 3.33 bits per heavy atom. The minimum absolute atomic E-state index is 0.322. The van der Waals surface area contributed by atoms with E-state index in [9.17, 15) is 4.79 Å². The number of hydrogen-bond acceptors (Lipinski definition) is 4. The zero-order valence-electron chi connectivity index (χ0n) is 8.01. The van der Waals surface area contributed by atoms with Crippen LogP contribution in [0, 0.1) is 0 Å². The normalized spacial score (nSPS) is 18.1.